The predicted molar refractivity (Wildman–Crippen MR) is 97.3 cm³/mol. The Morgan fingerprint density at radius 3 is 2.76 bits per heavy atom. The third kappa shape index (κ3) is 4.41. The van der Waals surface area contributed by atoms with E-state index in [0.717, 1.165) is 57.7 Å². The van der Waals surface area contributed by atoms with Gasteiger partial charge >= 0.3 is 6.03 Å². The Balaban J connectivity index is 1.47. The predicted octanol–water partition coefficient (Wildman–Crippen LogP) is 2.75. The van der Waals surface area contributed by atoms with Gasteiger partial charge in [-0.25, -0.2) is 9.78 Å². The number of hydrogen-bond donors (Lipinski definition) is 1. The van der Waals surface area contributed by atoms with Gasteiger partial charge in [-0.05, 0) is 43.7 Å². The molecular formula is C19H27N5O. The first-order valence-corrected chi connectivity index (χ1v) is 9.36. The van der Waals surface area contributed by atoms with Gasteiger partial charge in [0.25, 0.3) is 0 Å². The van der Waals surface area contributed by atoms with Crippen molar-refractivity contribution < 1.29 is 4.79 Å². The molecule has 2 aliphatic heterocycles. The Morgan fingerprint density at radius 1 is 1.32 bits per heavy atom. The molecule has 2 fully saturated rings. The summed E-state index contributed by atoms with van der Waals surface area (Å²) in [4.78, 5) is 21.1. The van der Waals surface area contributed by atoms with Gasteiger partial charge in [0.15, 0.2) is 0 Å². The number of aromatic nitrogens is 1. The summed E-state index contributed by atoms with van der Waals surface area (Å²) >= 11 is 0. The summed E-state index contributed by atoms with van der Waals surface area (Å²) in [5.41, 5.74) is 0.581. The second kappa shape index (κ2) is 8.19. The topological polar surface area (TPSA) is 72.3 Å². The first kappa shape index (κ1) is 17.5. The molecule has 1 aromatic heterocycles. The van der Waals surface area contributed by atoms with E-state index in [1.54, 1.807) is 12.3 Å². The quantitative estimate of drug-likeness (QED) is 0.917. The minimum Gasteiger partial charge on any atom is -0.356 e. The number of piperidine rings is 2. The molecule has 0 unspecified atom stereocenters. The number of nitrogens with one attached hydrogen (secondary N) is 1. The molecule has 3 heterocycles. The molecule has 1 atom stereocenters. The number of nitrogens with zero attached hydrogens (tertiary/aromatic N) is 4. The first-order chi connectivity index (χ1) is 12.2. The van der Waals surface area contributed by atoms with E-state index in [4.69, 9.17) is 5.26 Å². The summed E-state index contributed by atoms with van der Waals surface area (Å²) in [7, 11) is 0. The molecule has 1 aromatic rings. The van der Waals surface area contributed by atoms with Crippen molar-refractivity contribution in [2.24, 2.45) is 5.92 Å². The van der Waals surface area contributed by atoms with Gasteiger partial charge in [0.2, 0.25) is 0 Å². The maximum Gasteiger partial charge on any atom is 0.317 e. The van der Waals surface area contributed by atoms with E-state index < -0.39 is 0 Å². The lowest BCUT2D eigenvalue weighted by Gasteiger charge is -2.36. The van der Waals surface area contributed by atoms with Crippen LogP contribution in [0.4, 0.5) is 10.6 Å². The largest absolute Gasteiger partial charge is 0.356 e. The van der Waals surface area contributed by atoms with E-state index in [0.29, 0.717) is 11.5 Å². The van der Waals surface area contributed by atoms with E-state index in [1.807, 2.05) is 11.0 Å². The van der Waals surface area contributed by atoms with Gasteiger partial charge in [0.1, 0.15) is 11.9 Å². The van der Waals surface area contributed by atoms with Gasteiger partial charge in [-0.15, -0.1) is 0 Å². The molecule has 25 heavy (non-hydrogen) atoms. The summed E-state index contributed by atoms with van der Waals surface area (Å²) in [6.07, 6.45) is 6.99. The van der Waals surface area contributed by atoms with Crippen molar-refractivity contribution >= 4 is 11.8 Å². The average Bonchev–Trinajstić information content (AvgIpc) is 2.68. The minimum atomic E-state index is 0.105. The molecule has 0 aromatic carbocycles. The van der Waals surface area contributed by atoms with Crippen LogP contribution >= 0.6 is 0 Å². The molecule has 0 radical (unpaired) electrons. The summed E-state index contributed by atoms with van der Waals surface area (Å²) < 4.78 is 0. The molecule has 2 amide bonds. The summed E-state index contributed by atoms with van der Waals surface area (Å²) in [5.74, 6) is 1.56. The monoisotopic (exact) mass is 341 g/mol. The van der Waals surface area contributed by atoms with Gasteiger partial charge in [-0.1, -0.05) is 13.3 Å². The Kier molecular flexibility index (Phi) is 5.75. The van der Waals surface area contributed by atoms with Crippen molar-refractivity contribution in [2.45, 2.75) is 45.1 Å². The number of urea groups is 1. The normalized spacial score (nSPS) is 21.7. The van der Waals surface area contributed by atoms with E-state index >= 15 is 0 Å². The third-order valence-corrected chi connectivity index (χ3v) is 5.41. The number of nitriles is 1. The highest BCUT2D eigenvalue weighted by Crippen LogP contribution is 2.21. The van der Waals surface area contributed by atoms with E-state index in [1.165, 1.54) is 6.42 Å². The zero-order valence-electron chi connectivity index (χ0n) is 14.9. The van der Waals surface area contributed by atoms with Gasteiger partial charge in [0.05, 0.1) is 5.56 Å². The minimum absolute atomic E-state index is 0.105. The van der Waals surface area contributed by atoms with Crippen LogP contribution in [0.25, 0.3) is 0 Å². The number of carbonyl (C=O) groups is 1. The fourth-order valence-corrected chi connectivity index (χ4v) is 3.74. The maximum atomic E-state index is 12.5. The molecule has 6 heteroatoms. The Bertz CT molecular complexity index is 616. The van der Waals surface area contributed by atoms with E-state index in [-0.39, 0.29) is 12.1 Å². The summed E-state index contributed by atoms with van der Waals surface area (Å²) in [6, 6.07) is 6.14. The second-order valence-corrected chi connectivity index (χ2v) is 7.09. The SMILES string of the molecule is CC[C@@H]1CCCN(C(=O)NC2CCN(c3ccc(C#N)cn3)CC2)C1. The molecule has 3 rings (SSSR count). The molecular weight excluding hydrogens is 314 g/mol. The Hall–Kier alpha value is -2.29. The van der Waals surface area contributed by atoms with E-state index in [2.05, 4.69) is 28.2 Å². The van der Waals surface area contributed by atoms with Gasteiger partial charge in [-0.2, -0.15) is 5.26 Å². The standard InChI is InChI=1S/C19H27N5O/c1-2-15-4-3-9-24(14-15)19(25)22-17-7-10-23(11-8-17)18-6-5-16(12-20)13-21-18/h5-6,13,15,17H,2-4,7-11,14H2,1H3,(H,22,25)/t15-/m1/s1. The van der Waals surface area contributed by atoms with Gasteiger partial charge < -0.3 is 15.1 Å². The van der Waals surface area contributed by atoms with Crippen molar-refractivity contribution in [3.05, 3.63) is 23.9 Å². The van der Waals surface area contributed by atoms with Crippen LogP contribution in [0.2, 0.25) is 0 Å². The molecule has 0 saturated carbocycles. The van der Waals surface area contributed by atoms with Crippen LogP contribution in [0.3, 0.4) is 0 Å². The van der Waals surface area contributed by atoms with Crippen LogP contribution in [-0.2, 0) is 0 Å². The molecule has 2 saturated heterocycles. The molecule has 0 aliphatic carbocycles. The lowest BCUT2D eigenvalue weighted by Crippen LogP contribution is -2.51. The first-order valence-electron chi connectivity index (χ1n) is 9.36. The number of anilines is 1. The van der Waals surface area contributed by atoms with Crippen molar-refractivity contribution in [1.82, 2.24) is 15.2 Å². The molecule has 2 aliphatic rings. The summed E-state index contributed by atoms with van der Waals surface area (Å²) in [5, 5.41) is 12.1. The molecule has 134 valence electrons. The number of carbonyl (C=O) groups excluding carboxylic acids is 1. The van der Waals surface area contributed by atoms with E-state index in [9.17, 15) is 4.79 Å². The highest BCUT2D eigenvalue weighted by Gasteiger charge is 2.26. The number of rotatable bonds is 3. The van der Waals surface area contributed by atoms with Crippen molar-refractivity contribution in [1.29, 1.82) is 5.26 Å². The zero-order valence-corrected chi connectivity index (χ0v) is 14.9. The Morgan fingerprint density at radius 2 is 2.12 bits per heavy atom. The highest BCUT2D eigenvalue weighted by atomic mass is 16.2. The smallest absolute Gasteiger partial charge is 0.317 e. The molecule has 0 bridgehead atoms. The molecule has 0 spiro atoms. The fraction of sp³-hybridized carbons (Fsp3) is 0.632. The average molecular weight is 341 g/mol. The van der Waals surface area contributed by atoms with Crippen molar-refractivity contribution in [3.8, 4) is 6.07 Å². The zero-order chi connectivity index (χ0) is 17.6. The number of amides is 2. The van der Waals surface area contributed by atoms with Crippen molar-refractivity contribution in [3.63, 3.8) is 0 Å². The van der Waals surface area contributed by atoms with Crippen molar-refractivity contribution in [2.75, 3.05) is 31.1 Å². The molecule has 1 N–H and O–H groups in total. The summed E-state index contributed by atoms with van der Waals surface area (Å²) in [6.45, 7) is 5.74. The van der Waals surface area contributed by atoms with Crippen LogP contribution in [-0.4, -0.2) is 48.1 Å². The maximum absolute atomic E-state index is 12.5. The number of hydrogen-bond acceptors (Lipinski definition) is 4. The van der Waals surface area contributed by atoms with Gasteiger partial charge in [0, 0.05) is 38.4 Å². The lowest BCUT2D eigenvalue weighted by molar-refractivity contribution is 0.159. The molecule has 6 nitrogen and oxygen atoms in total. The highest BCUT2D eigenvalue weighted by molar-refractivity contribution is 5.74. The third-order valence-electron chi connectivity index (χ3n) is 5.41. The number of pyridine rings is 1. The van der Waals surface area contributed by atoms with Crippen LogP contribution in [0.1, 0.15) is 44.6 Å². The van der Waals surface area contributed by atoms with Crippen LogP contribution in [0, 0.1) is 17.2 Å². The van der Waals surface area contributed by atoms with Crippen LogP contribution in [0.5, 0.6) is 0 Å². The second-order valence-electron chi connectivity index (χ2n) is 7.09. The Labute approximate surface area is 149 Å². The van der Waals surface area contributed by atoms with Gasteiger partial charge in [-0.3, -0.25) is 0 Å². The number of likely N-dealkylation sites (tertiary alicyclic amines) is 1. The fourth-order valence-electron chi connectivity index (χ4n) is 3.74. The lowest BCUT2D eigenvalue weighted by atomic mass is 9.96. The van der Waals surface area contributed by atoms with Crippen LogP contribution < -0.4 is 10.2 Å². The van der Waals surface area contributed by atoms with Crippen LogP contribution in [0.15, 0.2) is 18.3 Å².